The maximum atomic E-state index is 12.9. The lowest BCUT2D eigenvalue weighted by molar-refractivity contribution is -0.133. The highest BCUT2D eigenvalue weighted by Gasteiger charge is 2.56. The van der Waals surface area contributed by atoms with E-state index in [1.54, 1.807) is 6.07 Å². The van der Waals surface area contributed by atoms with E-state index < -0.39 is 0 Å². The Balaban J connectivity index is 1.47. The minimum Gasteiger partial charge on any atom is -0.396 e. The van der Waals surface area contributed by atoms with Crippen LogP contribution >= 0.6 is 11.6 Å². The van der Waals surface area contributed by atoms with Gasteiger partial charge in [-0.3, -0.25) is 4.79 Å². The third-order valence-electron chi connectivity index (χ3n) is 5.97. The predicted octanol–water partition coefficient (Wildman–Crippen LogP) is 3.25. The molecule has 1 N–H and O–H groups in total. The number of carbonyl (C=O) groups excluding carboxylic acids is 1. The zero-order valence-corrected chi connectivity index (χ0v) is 15.4. The maximum absolute atomic E-state index is 12.9. The van der Waals surface area contributed by atoms with E-state index in [-0.39, 0.29) is 30.0 Å². The van der Waals surface area contributed by atoms with Crippen LogP contribution in [0.4, 0.5) is 0 Å². The van der Waals surface area contributed by atoms with Crippen molar-refractivity contribution in [2.24, 2.45) is 5.41 Å². The maximum Gasteiger partial charge on any atom is 0.223 e. The van der Waals surface area contributed by atoms with Gasteiger partial charge in [-0.25, -0.2) is 0 Å². The van der Waals surface area contributed by atoms with Crippen molar-refractivity contribution in [3.8, 4) is 0 Å². The molecule has 6 heteroatoms. The lowest BCUT2D eigenvalue weighted by Gasteiger charge is -2.36. The fraction of sp³-hybridized carbons (Fsp3) is 0.500. The van der Waals surface area contributed by atoms with Crippen LogP contribution in [0.3, 0.4) is 0 Å². The van der Waals surface area contributed by atoms with Crippen LogP contribution in [0.15, 0.2) is 40.9 Å². The number of halogens is 1. The molecule has 3 heterocycles. The van der Waals surface area contributed by atoms with E-state index in [4.69, 9.17) is 16.1 Å². The van der Waals surface area contributed by atoms with Crippen LogP contribution in [-0.4, -0.2) is 39.8 Å². The Morgan fingerprint density at radius 2 is 2.15 bits per heavy atom. The van der Waals surface area contributed by atoms with E-state index in [0.717, 1.165) is 25.7 Å². The average Bonchev–Trinajstić information content (AvgIpc) is 3.34. The molecule has 2 saturated heterocycles. The predicted molar refractivity (Wildman–Crippen MR) is 97.8 cm³/mol. The number of aliphatic hydroxyl groups excluding tert-OH is 1. The lowest BCUT2D eigenvalue weighted by atomic mass is 9.70. The summed E-state index contributed by atoms with van der Waals surface area (Å²) in [6.45, 7) is 0.116. The van der Waals surface area contributed by atoms with Crippen LogP contribution in [0.1, 0.15) is 37.0 Å². The topological polar surface area (TPSA) is 66.6 Å². The number of carbonyl (C=O) groups is 1. The normalized spacial score (nSPS) is 27.2. The zero-order valence-electron chi connectivity index (χ0n) is 14.6. The summed E-state index contributed by atoms with van der Waals surface area (Å²) in [4.78, 5) is 14.9. The van der Waals surface area contributed by atoms with Crippen LogP contribution in [0.25, 0.3) is 0 Å². The number of benzene rings is 1. The van der Waals surface area contributed by atoms with E-state index in [2.05, 4.69) is 17.3 Å². The van der Waals surface area contributed by atoms with Crippen molar-refractivity contribution >= 4 is 17.5 Å². The molecule has 3 atom stereocenters. The molecule has 0 aliphatic carbocycles. The van der Waals surface area contributed by atoms with E-state index in [1.165, 1.54) is 5.56 Å². The van der Waals surface area contributed by atoms with Crippen LogP contribution in [0.5, 0.6) is 0 Å². The summed E-state index contributed by atoms with van der Waals surface area (Å²) in [6.07, 6.45) is 4.57. The molecule has 2 fully saturated rings. The van der Waals surface area contributed by atoms with Crippen LogP contribution in [0, 0.1) is 5.41 Å². The van der Waals surface area contributed by atoms with Gasteiger partial charge in [0.2, 0.25) is 5.91 Å². The number of rotatable bonds is 6. The van der Waals surface area contributed by atoms with Crippen molar-refractivity contribution < 1.29 is 14.4 Å². The Hall–Kier alpha value is -1.85. The number of amides is 1. The van der Waals surface area contributed by atoms with Gasteiger partial charge in [0.15, 0.2) is 5.15 Å². The summed E-state index contributed by atoms with van der Waals surface area (Å²) in [5.74, 6) is 0.765. The molecular weight excluding hydrogens is 352 g/mol. The first kappa shape index (κ1) is 17.6. The Morgan fingerprint density at radius 3 is 2.85 bits per heavy atom. The standard InChI is InChI=1S/C20H23ClN2O3/c21-18-10-16(26-22-18)7-9-19(25)23-15-6-8-17(23)20(12-15,13-24)11-14-4-2-1-3-5-14/h1-5,10,15,17,24H,6-9,11-13H2/t15-,17+,20-/m0/s1. The van der Waals surface area contributed by atoms with Crippen molar-refractivity contribution in [1.29, 1.82) is 0 Å². The molecule has 2 aromatic rings. The summed E-state index contributed by atoms with van der Waals surface area (Å²) in [5.41, 5.74) is 0.993. The van der Waals surface area contributed by atoms with Gasteiger partial charge in [0.05, 0.1) is 6.61 Å². The van der Waals surface area contributed by atoms with Crippen LogP contribution in [-0.2, 0) is 17.6 Å². The molecule has 2 bridgehead atoms. The largest absolute Gasteiger partial charge is 0.396 e. The van der Waals surface area contributed by atoms with Gasteiger partial charge in [-0.15, -0.1) is 0 Å². The van der Waals surface area contributed by atoms with Gasteiger partial charge in [-0.1, -0.05) is 47.1 Å². The van der Waals surface area contributed by atoms with Crippen molar-refractivity contribution in [2.75, 3.05) is 6.61 Å². The third kappa shape index (κ3) is 3.14. The molecule has 2 aliphatic rings. The molecule has 0 spiro atoms. The number of hydrogen-bond donors (Lipinski definition) is 1. The number of hydrogen-bond acceptors (Lipinski definition) is 4. The molecule has 5 nitrogen and oxygen atoms in total. The first-order chi connectivity index (χ1) is 12.6. The first-order valence-corrected chi connectivity index (χ1v) is 9.56. The summed E-state index contributed by atoms with van der Waals surface area (Å²) in [5, 5.41) is 14.2. The van der Waals surface area contributed by atoms with E-state index in [1.807, 2.05) is 23.1 Å². The van der Waals surface area contributed by atoms with Crippen molar-refractivity contribution in [1.82, 2.24) is 10.1 Å². The SMILES string of the molecule is O=C(CCc1cc(Cl)no1)N1[C@H]2CC[C@@H]1[C@@](CO)(Cc1ccccc1)C2. The highest BCUT2D eigenvalue weighted by atomic mass is 35.5. The van der Waals surface area contributed by atoms with Gasteiger partial charge in [0.25, 0.3) is 0 Å². The van der Waals surface area contributed by atoms with Crippen LogP contribution in [0.2, 0.25) is 5.15 Å². The number of aryl methyl sites for hydroxylation is 1. The Labute approximate surface area is 157 Å². The minimum absolute atomic E-state index is 0.114. The second kappa shape index (κ2) is 7.05. The molecule has 0 saturated carbocycles. The number of nitrogens with zero attached hydrogens (tertiary/aromatic N) is 2. The smallest absolute Gasteiger partial charge is 0.223 e. The molecule has 4 rings (SSSR count). The van der Waals surface area contributed by atoms with Gasteiger partial charge in [-0.05, 0) is 31.2 Å². The third-order valence-corrected chi connectivity index (χ3v) is 6.15. The first-order valence-electron chi connectivity index (χ1n) is 9.18. The summed E-state index contributed by atoms with van der Waals surface area (Å²) in [7, 11) is 0. The molecule has 138 valence electrons. The molecule has 0 radical (unpaired) electrons. The Morgan fingerprint density at radius 1 is 1.35 bits per heavy atom. The number of aliphatic hydroxyl groups is 1. The summed E-state index contributed by atoms with van der Waals surface area (Å²) in [6, 6.07) is 12.3. The summed E-state index contributed by atoms with van der Waals surface area (Å²) >= 11 is 5.76. The molecular formula is C20H23ClN2O3. The fourth-order valence-electron chi connectivity index (χ4n) is 4.85. The van der Waals surface area contributed by atoms with E-state index >= 15 is 0 Å². The summed E-state index contributed by atoms with van der Waals surface area (Å²) < 4.78 is 5.10. The highest BCUT2D eigenvalue weighted by Crippen LogP contribution is 2.51. The molecule has 26 heavy (non-hydrogen) atoms. The minimum atomic E-state index is -0.227. The fourth-order valence-corrected chi connectivity index (χ4v) is 5.01. The van der Waals surface area contributed by atoms with Gasteiger partial charge in [0.1, 0.15) is 5.76 Å². The van der Waals surface area contributed by atoms with Gasteiger partial charge >= 0.3 is 0 Å². The molecule has 1 amide bonds. The molecule has 1 aromatic carbocycles. The Kier molecular flexibility index (Phi) is 4.76. The lowest BCUT2D eigenvalue weighted by Crippen LogP contribution is -2.44. The monoisotopic (exact) mass is 374 g/mol. The Bertz CT molecular complexity index is 778. The zero-order chi connectivity index (χ0) is 18.1. The quantitative estimate of drug-likeness (QED) is 0.842. The van der Waals surface area contributed by atoms with Crippen molar-refractivity contribution in [3.63, 3.8) is 0 Å². The molecule has 1 aromatic heterocycles. The average molecular weight is 375 g/mol. The molecule has 0 unspecified atom stereocenters. The second-order valence-corrected chi connectivity index (χ2v) is 7.94. The number of fused-ring (bicyclic) bond motifs is 2. The van der Waals surface area contributed by atoms with Gasteiger partial charge in [0, 0.05) is 36.4 Å². The number of aromatic nitrogens is 1. The molecule has 2 aliphatic heterocycles. The van der Waals surface area contributed by atoms with E-state index in [0.29, 0.717) is 23.8 Å². The second-order valence-electron chi connectivity index (χ2n) is 7.55. The van der Waals surface area contributed by atoms with Crippen molar-refractivity contribution in [2.45, 2.75) is 50.6 Å². The van der Waals surface area contributed by atoms with Crippen molar-refractivity contribution in [3.05, 3.63) is 52.9 Å². The van der Waals surface area contributed by atoms with E-state index in [9.17, 15) is 9.90 Å². The van der Waals surface area contributed by atoms with Crippen LogP contribution < -0.4 is 0 Å². The highest BCUT2D eigenvalue weighted by molar-refractivity contribution is 6.29. The van der Waals surface area contributed by atoms with Gasteiger partial charge in [-0.2, -0.15) is 0 Å². The van der Waals surface area contributed by atoms with Gasteiger partial charge < -0.3 is 14.5 Å².